The van der Waals surface area contributed by atoms with Crippen molar-refractivity contribution in [2.24, 2.45) is 0 Å². The molecule has 1 fully saturated rings. The zero-order valence-electron chi connectivity index (χ0n) is 20.4. The van der Waals surface area contributed by atoms with Crippen LogP contribution in [0.4, 0.5) is 5.69 Å². The topological polar surface area (TPSA) is 106 Å². The molecular weight excluding hydrogens is 518 g/mol. The normalized spacial score (nSPS) is 14.4. The Hall–Kier alpha value is -4.21. The van der Waals surface area contributed by atoms with E-state index in [0.29, 0.717) is 33.6 Å². The largest absolute Gasteiger partial charge is 0.496 e. The van der Waals surface area contributed by atoms with Crippen LogP contribution in [0.15, 0.2) is 77.8 Å². The smallest absolute Gasteiger partial charge is 0.335 e. The van der Waals surface area contributed by atoms with Gasteiger partial charge >= 0.3 is 5.97 Å². The summed E-state index contributed by atoms with van der Waals surface area (Å²) in [7, 11) is 1.62. The second-order valence-electron chi connectivity index (χ2n) is 8.68. The zero-order valence-corrected chi connectivity index (χ0v) is 22.0. The fourth-order valence-electron chi connectivity index (χ4n) is 4.28. The second kappa shape index (κ2) is 10.6. The maximum atomic E-state index is 13.2. The predicted octanol–water partition coefficient (Wildman–Crippen LogP) is 5.63. The number of aromatic carboxylic acids is 1. The van der Waals surface area contributed by atoms with E-state index >= 15 is 0 Å². The van der Waals surface area contributed by atoms with Gasteiger partial charge < -0.3 is 15.6 Å². The number of fused-ring (bicyclic) bond motifs is 1. The molecular formula is C29H23N3O4S2. The number of benzene rings is 3. The Balaban J connectivity index is 1.38. The van der Waals surface area contributed by atoms with Crippen molar-refractivity contribution in [3.8, 4) is 16.9 Å². The summed E-state index contributed by atoms with van der Waals surface area (Å²) in [5.74, 6) is -0.418. The van der Waals surface area contributed by atoms with Crippen LogP contribution in [0.3, 0.4) is 0 Å². The number of hydrogen-bond acceptors (Lipinski definition) is 7. The van der Waals surface area contributed by atoms with Crippen LogP contribution in [0.2, 0.25) is 0 Å². The molecule has 0 bridgehead atoms. The summed E-state index contributed by atoms with van der Waals surface area (Å²) in [6, 6.07) is 20.0. The fraction of sp³-hybridized carbons (Fsp3) is 0.103. The highest BCUT2D eigenvalue weighted by atomic mass is 32.2. The molecule has 1 amide bonds. The lowest BCUT2D eigenvalue weighted by Gasteiger charge is -2.14. The van der Waals surface area contributed by atoms with E-state index in [4.69, 9.17) is 27.8 Å². The Morgan fingerprint density at radius 1 is 1.13 bits per heavy atom. The Morgan fingerprint density at radius 3 is 2.66 bits per heavy atom. The molecule has 7 nitrogen and oxygen atoms in total. The van der Waals surface area contributed by atoms with Gasteiger partial charge in [0, 0.05) is 29.4 Å². The zero-order chi connectivity index (χ0) is 26.8. The Morgan fingerprint density at radius 2 is 1.92 bits per heavy atom. The van der Waals surface area contributed by atoms with Gasteiger partial charge in [0.05, 0.1) is 23.1 Å². The first-order chi connectivity index (χ1) is 18.3. The van der Waals surface area contributed by atoms with Gasteiger partial charge in [-0.15, -0.1) is 0 Å². The number of nitrogens with zero attached hydrogens (tertiary/aromatic N) is 2. The molecule has 4 aromatic rings. The summed E-state index contributed by atoms with van der Waals surface area (Å²) in [5.41, 5.74) is 11.3. The number of aromatic nitrogens is 1. The number of carbonyl (C=O) groups excluding carboxylic acids is 1. The van der Waals surface area contributed by atoms with Gasteiger partial charge in [-0.3, -0.25) is 14.7 Å². The molecule has 0 radical (unpaired) electrons. The molecule has 1 saturated heterocycles. The molecule has 0 unspecified atom stereocenters. The molecule has 1 aliphatic rings. The summed E-state index contributed by atoms with van der Waals surface area (Å²) in [6.45, 7) is 0.412. The van der Waals surface area contributed by atoms with E-state index in [1.54, 1.807) is 48.5 Å². The van der Waals surface area contributed by atoms with Crippen molar-refractivity contribution < 1.29 is 19.4 Å². The van der Waals surface area contributed by atoms with E-state index in [1.165, 1.54) is 11.8 Å². The highest BCUT2D eigenvalue weighted by molar-refractivity contribution is 8.26. The summed E-state index contributed by atoms with van der Waals surface area (Å²) in [6.07, 6.45) is 4.08. The van der Waals surface area contributed by atoms with Crippen LogP contribution >= 0.6 is 24.0 Å². The maximum absolute atomic E-state index is 13.2. The minimum atomic E-state index is -0.970. The number of carbonyl (C=O) groups is 2. The van der Waals surface area contributed by atoms with Crippen molar-refractivity contribution in [1.82, 2.24) is 9.88 Å². The Kier molecular flexibility index (Phi) is 7.13. The van der Waals surface area contributed by atoms with E-state index in [-0.39, 0.29) is 11.5 Å². The number of thioether (sulfide) groups is 1. The van der Waals surface area contributed by atoms with E-state index in [2.05, 4.69) is 4.98 Å². The average Bonchev–Trinajstić information content (AvgIpc) is 3.19. The van der Waals surface area contributed by atoms with Crippen molar-refractivity contribution in [3.63, 3.8) is 0 Å². The van der Waals surface area contributed by atoms with E-state index < -0.39 is 5.97 Å². The summed E-state index contributed by atoms with van der Waals surface area (Å²) in [4.78, 5) is 30.8. The monoisotopic (exact) mass is 541 g/mol. The summed E-state index contributed by atoms with van der Waals surface area (Å²) in [5, 5.41) is 9.95. The lowest BCUT2D eigenvalue weighted by atomic mass is 9.99. The van der Waals surface area contributed by atoms with Crippen LogP contribution in [0.5, 0.6) is 5.75 Å². The number of thiocarbonyl (C=S) groups is 1. The van der Waals surface area contributed by atoms with Gasteiger partial charge in [-0.1, -0.05) is 54.3 Å². The number of amides is 1. The summed E-state index contributed by atoms with van der Waals surface area (Å²) >= 11 is 6.76. The van der Waals surface area contributed by atoms with Crippen LogP contribution < -0.4 is 10.5 Å². The fourth-order valence-corrected chi connectivity index (χ4v) is 5.59. The molecule has 9 heteroatoms. The molecule has 38 heavy (non-hydrogen) atoms. The number of carboxylic acid groups (broad SMARTS) is 1. The Bertz CT molecular complexity index is 1620. The molecule has 2 heterocycles. The molecule has 1 aliphatic heterocycles. The van der Waals surface area contributed by atoms with Crippen LogP contribution in [-0.4, -0.2) is 44.8 Å². The number of anilines is 1. The third-order valence-electron chi connectivity index (χ3n) is 6.31. The number of rotatable bonds is 7. The minimum Gasteiger partial charge on any atom is -0.496 e. The van der Waals surface area contributed by atoms with Crippen molar-refractivity contribution in [2.75, 3.05) is 19.4 Å². The third kappa shape index (κ3) is 5.11. The summed E-state index contributed by atoms with van der Waals surface area (Å²) < 4.78 is 6.11. The Labute approximate surface area is 228 Å². The first kappa shape index (κ1) is 25.4. The number of pyridine rings is 1. The van der Waals surface area contributed by atoms with Crippen molar-refractivity contribution in [3.05, 3.63) is 94.5 Å². The van der Waals surface area contributed by atoms with Crippen molar-refractivity contribution >= 4 is 62.8 Å². The van der Waals surface area contributed by atoms with Crippen molar-refractivity contribution in [2.45, 2.75) is 6.42 Å². The number of carboxylic acids is 1. The molecule has 3 N–H and O–H groups in total. The van der Waals surface area contributed by atoms with E-state index in [9.17, 15) is 9.59 Å². The average molecular weight is 542 g/mol. The predicted molar refractivity (Wildman–Crippen MR) is 155 cm³/mol. The lowest BCUT2D eigenvalue weighted by molar-refractivity contribution is -0.122. The highest BCUT2D eigenvalue weighted by Crippen LogP contribution is 2.36. The molecule has 0 aliphatic carbocycles. The molecule has 0 spiro atoms. The maximum Gasteiger partial charge on any atom is 0.335 e. The van der Waals surface area contributed by atoms with Gasteiger partial charge in [0.1, 0.15) is 10.1 Å². The number of nitrogens with two attached hydrogens (primary N) is 1. The standard InChI is InChI=1S/C29H23N3O4S2/c1-36-25-9-4-18(14-22(25)20-7-8-21-23(30)10-12-31-24(21)16-20)15-26-27(33)32(29(37)38-26)13-11-17-2-5-19(6-3-17)28(34)35/h2-10,12,14-16H,11,13H2,1H3,(H2,30,31)(H,34,35). The molecule has 0 saturated carbocycles. The number of nitrogen functional groups attached to an aromatic ring is 1. The van der Waals surface area contributed by atoms with Gasteiger partial charge in [0.25, 0.3) is 5.91 Å². The number of ether oxygens (including phenoxy) is 1. The van der Waals surface area contributed by atoms with Crippen LogP contribution in [0.25, 0.3) is 28.1 Å². The van der Waals surface area contributed by atoms with Crippen molar-refractivity contribution in [1.29, 1.82) is 0 Å². The molecule has 3 aromatic carbocycles. The van der Waals surface area contributed by atoms with E-state index in [0.717, 1.165) is 33.2 Å². The lowest BCUT2D eigenvalue weighted by Crippen LogP contribution is -2.30. The SMILES string of the molecule is COc1ccc(C=C2SC(=S)N(CCc3ccc(C(=O)O)cc3)C2=O)cc1-c1ccc2c(N)ccnc2c1. The van der Waals surface area contributed by atoms with Gasteiger partial charge in [-0.25, -0.2) is 4.79 Å². The molecule has 0 atom stereocenters. The molecule has 1 aromatic heterocycles. The van der Waals surface area contributed by atoms with E-state index in [1.807, 2.05) is 42.5 Å². The second-order valence-corrected chi connectivity index (χ2v) is 10.4. The van der Waals surface area contributed by atoms with Gasteiger partial charge in [0.2, 0.25) is 0 Å². The third-order valence-corrected chi connectivity index (χ3v) is 7.69. The van der Waals surface area contributed by atoms with Crippen LogP contribution in [-0.2, 0) is 11.2 Å². The quantitative estimate of drug-likeness (QED) is 0.229. The van der Waals surface area contributed by atoms with Crippen LogP contribution in [0, 0.1) is 0 Å². The molecule has 5 rings (SSSR count). The molecule has 190 valence electrons. The van der Waals surface area contributed by atoms with Crippen LogP contribution in [0.1, 0.15) is 21.5 Å². The number of methoxy groups -OCH3 is 1. The van der Waals surface area contributed by atoms with Gasteiger partial charge in [-0.05, 0) is 65.6 Å². The van der Waals surface area contributed by atoms with Gasteiger partial charge in [0.15, 0.2) is 0 Å². The minimum absolute atomic E-state index is 0.148. The number of hydrogen-bond donors (Lipinski definition) is 2. The first-order valence-electron chi connectivity index (χ1n) is 11.7. The van der Waals surface area contributed by atoms with Gasteiger partial charge in [-0.2, -0.15) is 0 Å². The first-order valence-corrected chi connectivity index (χ1v) is 13.0. The highest BCUT2D eigenvalue weighted by Gasteiger charge is 2.31.